The molecule has 0 amide bonds. The lowest BCUT2D eigenvalue weighted by Crippen LogP contribution is -2.52. The van der Waals surface area contributed by atoms with Gasteiger partial charge in [0.1, 0.15) is 0 Å². The molecule has 0 atom stereocenters. The molecule has 1 aromatic heterocycles. The molecule has 2 aromatic rings. The molecule has 1 fully saturated rings. The Bertz CT molecular complexity index is 677. The first-order chi connectivity index (χ1) is 12.3. The standard InChI is InChI=1S/C18H25ClN6/c1-2-20-18(21-8-10-25-9-4-7-22-25)24-13-11-23(12-14-24)17-6-3-5-16(19)15-17/h3-7,9,15H,2,8,10-14H2,1H3,(H,20,21). The molecule has 1 N–H and O–H groups in total. The second kappa shape index (κ2) is 8.76. The van der Waals surface area contributed by atoms with Crippen LogP contribution in [0.5, 0.6) is 0 Å². The van der Waals surface area contributed by atoms with E-state index in [2.05, 4.69) is 33.2 Å². The molecule has 0 spiro atoms. The summed E-state index contributed by atoms with van der Waals surface area (Å²) in [6.45, 7) is 8.30. The van der Waals surface area contributed by atoms with Gasteiger partial charge < -0.3 is 15.1 Å². The molecular weight excluding hydrogens is 336 g/mol. The summed E-state index contributed by atoms with van der Waals surface area (Å²) in [6.07, 6.45) is 3.76. The molecule has 2 heterocycles. The molecule has 1 aliphatic heterocycles. The van der Waals surface area contributed by atoms with Crippen LogP contribution in [0.1, 0.15) is 6.92 Å². The van der Waals surface area contributed by atoms with Crippen molar-refractivity contribution in [3.8, 4) is 0 Å². The number of hydrogen-bond donors (Lipinski definition) is 1. The first-order valence-electron chi connectivity index (χ1n) is 8.77. The number of nitrogens with one attached hydrogen (secondary N) is 1. The minimum absolute atomic E-state index is 0.721. The molecule has 1 saturated heterocycles. The second-order valence-corrected chi connectivity index (χ2v) is 6.40. The maximum absolute atomic E-state index is 6.11. The highest BCUT2D eigenvalue weighted by Crippen LogP contribution is 2.20. The summed E-state index contributed by atoms with van der Waals surface area (Å²) < 4.78 is 1.91. The number of benzene rings is 1. The van der Waals surface area contributed by atoms with Crippen molar-refractivity contribution in [2.75, 3.05) is 44.2 Å². The average molecular weight is 361 g/mol. The molecule has 0 saturated carbocycles. The third-order valence-corrected chi connectivity index (χ3v) is 4.47. The van der Waals surface area contributed by atoms with Crippen LogP contribution in [0.2, 0.25) is 5.02 Å². The van der Waals surface area contributed by atoms with E-state index in [0.29, 0.717) is 0 Å². The van der Waals surface area contributed by atoms with Gasteiger partial charge in [0.25, 0.3) is 0 Å². The van der Waals surface area contributed by atoms with Gasteiger partial charge in [-0.2, -0.15) is 5.10 Å². The fourth-order valence-corrected chi connectivity index (χ4v) is 3.15. The molecule has 7 heteroatoms. The third kappa shape index (κ3) is 4.89. The minimum Gasteiger partial charge on any atom is -0.368 e. The van der Waals surface area contributed by atoms with E-state index in [0.717, 1.165) is 56.8 Å². The van der Waals surface area contributed by atoms with Crippen molar-refractivity contribution in [3.63, 3.8) is 0 Å². The molecule has 6 nitrogen and oxygen atoms in total. The smallest absolute Gasteiger partial charge is 0.194 e. The van der Waals surface area contributed by atoms with E-state index in [-0.39, 0.29) is 0 Å². The zero-order valence-corrected chi connectivity index (χ0v) is 15.4. The maximum atomic E-state index is 6.11. The van der Waals surface area contributed by atoms with Crippen LogP contribution in [0.3, 0.4) is 0 Å². The number of nitrogens with zero attached hydrogens (tertiary/aromatic N) is 5. The van der Waals surface area contributed by atoms with Gasteiger partial charge in [-0.3, -0.25) is 9.67 Å². The summed E-state index contributed by atoms with van der Waals surface area (Å²) in [5.74, 6) is 0.986. The number of aliphatic imine (C=N–C) groups is 1. The van der Waals surface area contributed by atoms with Crippen molar-refractivity contribution in [2.45, 2.75) is 13.5 Å². The summed E-state index contributed by atoms with van der Waals surface area (Å²) in [5, 5.41) is 8.41. The first kappa shape index (κ1) is 17.6. The molecule has 25 heavy (non-hydrogen) atoms. The first-order valence-corrected chi connectivity index (χ1v) is 9.15. The van der Waals surface area contributed by atoms with Crippen LogP contribution in [-0.4, -0.2) is 59.9 Å². The summed E-state index contributed by atoms with van der Waals surface area (Å²) in [4.78, 5) is 9.45. The fourth-order valence-electron chi connectivity index (χ4n) is 2.97. The number of hydrogen-bond acceptors (Lipinski definition) is 3. The molecule has 134 valence electrons. The predicted octanol–water partition coefficient (Wildman–Crippen LogP) is 2.32. The second-order valence-electron chi connectivity index (χ2n) is 5.96. The van der Waals surface area contributed by atoms with E-state index >= 15 is 0 Å². The van der Waals surface area contributed by atoms with Crippen LogP contribution in [0.25, 0.3) is 0 Å². The number of rotatable bonds is 5. The number of aromatic nitrogens is 2. The Hall–Kier alpha value is -2.21. The van der Waals surface area contributed by atoms with Gasteiger partial charge in [0.2, 0.25) is 0 Å². The Kier molecular flexibility index (Phi) is 6.17. The fraction of sp³-hybridized carbons (Fsp3) is 0.444. The molecule has 1 aromatic carbocycles. The highest BCUT2D eigenvalue weighted by atomic mass is 35.5. The molecule has 3 rings (SSSR count). The summed E-state index contributed by atoms with van der Waals surface area (Å²) >= 11 is 6.11. The highest BCUT2D eigenvalue weighted by molar-refractivity contribution is 6.30. The number of halogens is 1. The summed E-state index contributed by atoms with van der Waals surface area (Å²) in [7, 11) is 0. The maximum Gasteiger partial charge on any atom is 0.194 e. The SMILES string of the molecule is CCNC(=NCCn1cccn1)N1CCN(c2cccc(Cl)c2)CC1. The van der Waals surface area contributed by atoms with Crippen LogP contribution < -0.4 is 10.2 Å². The average Bonchev–Trinajstić information content (AvgIpc) is 3.15. The molecule has 1 aliphatic rings. The van der Waals surface area contributed by atoms with E-state index in [1.54, 1.807) is 6.20 Å². The molecule has 0 aliphatic carbocycles. The van der Waals surface area contributed by atoms with Gasteiger partial charge in [-0.15, -0.1) is 0 Å². The predicted molar refractivity (Wildman–Crippen MR) is 103 cm³/mol. The normalized spacial score (nSPS) is 15.5. The van der Waals surface area contributed by atoms with E-state index in [1.807, 2.05) is 35.1 Å². The van der Waals surface area contributed by atoms with Crippen molar-refractivity contribution >= 4 is 23.2 Å². The van der Waals surface area contributed by atoms with Crippen LogP contribution in [-0.2, 0) is 6.54 Å². The summed E-state index contributed by atoms with van der Waals surface area (Å²) in [6, 6.07) is 10.00. The number of piperazine rings is 1. The van der Waals surface area contributed by atoms with Crippen LogP contribution in [0, 0.1) is 0 Å². The quantitative estimate of drug-likeness (QED) is 0.656. The van der Waals surface area contributed by atoms with E-state index in [1.165, 1.54) is 5.69 Å². The Morgan fingerprint density at radius 3 is 2.76 bits per heavy atom. The minimum atomic E-state index is 0.721. The van der Waals surface area contributed by atoms with E-state index in [4.69, 9.17) is 16.6 Å². The molecular formula is C18H25ClN6. The summed E-state index contributed by atoms with van der Waals surface area (Å²) in [5.41, 5.74) is 1.19. The lowest BCUT2D eigenvalue weighted by atomic mass is 10.2. The third-order valence-electron chi connectivity index (χ3n) is 4.24. The Balaban J connectivity index is 1.56. The Morgan fingerprint density at radius 2 is 2.08 bits per heavy atom. The van der Waals surface area contributed by atoms with Gasteiger partial charge in [0, 0.05) is 55.8 Å². The molecule has 0 radical (unpaired) electrons. The highest BCUT2D eigenvalue weighted by Gasteiger charge is 2.19. The monoisotopic (exact) mass is 360 g/mol. The zero-order valence-electron chi connectivity index (χ0n) is 14.6. The van der Waals surface area contributed by atoms with Gasteiger partial charge in [0.15, 0.2) is 5.96 Å². The number of guanidine groups is 1. The van der Waals surface area contributed by atoms with E-state index < -0.39 is 0 Å². The van der Waals surface area contributed by atoms with Gasteiger partial charge >= 0.3 is 0 Å². The number of anilines is 1. The topological polar surface area (TPSA) is 48.7 Å². The van der Waals surface area contributed by atoms with E-state index in [9.17, 15) is 0 Å². The van der Waals surface area contributed by atoms with Crippen LogP contribution >= 0.6 is 11.6 Å². The largest absolute Gasteiger partial charge is 0.368 e. The molecule has 0 bridgehead atoms. The van der Waals surface area contributed by atoms with Crippen LogP contribution in [0.4, 0.5) is 5.69 Å². The molecule has 0 unspecified atom stereocenters. The van der Waals surface area contributed by atoms with Gasteiger partial charge in [-0.25, -0.2) is 0 Å². The Morgan fingerprint density at radius 1 is 1.24 bits per heavy atom. The zero-order chi connectivity index (χ0) is 17.5. The Labute approximate surface area is 154 Å². The van der Waals surface area contributed by atoms with Crippen molar-refractivity contribution in [1.29, 1.82) is 0 Å². The lowest BCUT2D eigenvalue weighted by molar-refractivity contribution is 0.372. The van der Waals surface area contributed by atoms with Gasteiger partial charge in [-0.05, 0) is 31.2 Å². The van der Waals surface area contributed by atoms with Gasteiger partial charge in [-0.1, -0.05) is 17.7 Å². The van der Waals surface area contributed by atoms with Crippen molar-refractivity contribution in [1.82, 2.24) is 20.0 Å². The van der Waals surface area contributed by atoms with Gasteiger partial charge in [0.05, 0.1) is 13.1 Å². The lowest BCUT2D eigenvalue weighted by Gasteiger charge is -2.37. The van der Waals surface area contributed by atoms with Crippen molar-refractivity contribution in [3.05, 3.63) is 47.7 Å². The van der Waals surface area contributed by atoms with Crippen molar-refractivity contribution < 1.29 is 0 Å². The van der Waals surface area contributed by atoms with Crippen molar-refractivity contribution in [2.24, 2.45) is 4.99 Å². The van der Waals surface area contributed by atoms with Crippen LogP contribution in [0.15, 0.2) is 47.7 Å².